The van der Waals surface area contributed by atoms with Gasteiger partial charge in [-0.1, -0.05) is 23.2 Å². The number of nitrogens with one attached hydrogen (secondary N) is 1. The molecule has 1 amide bonds. The van der Waals surface area contributed by atoms with Gasteiger partial charge in [0.05, 0.1) is 9.95 Å². The molecule has 1 aromatic carbocycles. The number of rotatable bonds is 3. The van der Waals surface area contributed by atoms with Crippen LogP contribution in [0.15, 0.2) is 12.1 Å². The van der Waals surface area contributed by atoms with Gasteiger partial charge < -0.3 is 5.73 Å². The van der Waals surface area contributed by atoms with Gasteiger partial charge in [-0.15, -0.1) is 0 Å². The summed E-state index contributed by atoms with van der Waals surface area (Å²) in [5.74, 6) is -0.836. The molecule has 0 aliphatic rings. The number of carbonyl (C=O) groups excluding carboxylic acids is 1. The number of amides is 1. The van der Waals surface area contributed by atoms with Crippen molar-refractivity contribution in [2.45, 2.75) is 0 Å². The van der Waals surface area contributed by atoms with Gasteiger partial charge in [0.2, 0.25) is 0 Å². The lowest BCUT2D eigenvalue weighted by Gasteiger charge is -2.03. The summed E-state index contributed by atoms with van der Waals surface area (Å²) in [6.07, 6.45) is 0. The van der Waals surface area contributed by atoms with Gasteiger partial charge in [0.15, 0.2) is 5.69 Å². The molecule has 1 heterocycles. The van der Waals surface area contributed by atoms with E-state index in [9.17, 15) is 14.9 Å². The standard InChI is InChI=1S/C9H5Cl2N5O3/c10-4-2-5(11)6(16(18)19)1-3(4)7-8(9(12)17)14-15-13-7/h1-2H,(H2,12,17)(H,13,14,15). The number of hydrogen-bond donors (Lipinski definition) is 2. The maximum Gasteiger partial charge on any atom is 0.288 e. The lowest BCUT2D eigenvalue weighted by atomic mass is 10.1. The van der Waals surface area contributed by atoms with Crippen molar-refractivity contribution in [1.29, 1.82) is 0 Å². The molecule has 0 aliphatic carbocycles. The normalized spacial score (nSPS) is 10.4. The first-order valence-electron chi connectivity index (χ1n) is 4.76. The van der Waals surface area contributed by atoms with Crippen LogP contribution in [0, 0.1) is 10.1 Å². The molecule has 0 spiro atoms. The van der Waals surface area contributed by atoms with E-state index in [1.165, 1.54) is 6.07 Å². The van der Waals surface area contributed by atoms with E-state index in [0.717, 1.165) is 6.07 Å². The number of H-pyrrole nitrogens is 1. The van der Waals surface area contributed by atoms with E-state index in [1.54, 1.807) is 0 Å². The molecule has 19 heavy (non-hydrogen) atoms. The molecule has 0 unspecified atom stereocenters. The molecule has 3 N–H and O–H groups in total. The maximum atomic E-state index is 11.1. The Labute approximate surface area is 115 Å². The van der Waals surface area contributed by atoms with Crippen molar-refractivity contribution in [3.63, 3.8) is 0 Å². The second kappa shape index (κ2) is 4.82. The van der Waals surface area contributed by atoms with Crippen LogP contribution in [-0.2, 0) is 0 Å². The third kappa shape index (κ3) is 2.35. The largest absolute Gasteiger partial charge is 0.364 e. The summed E-state index contributed by atoms with van der Waals surface area (Å²) in [4.78, 5) is 21.3. The van der Waals surface area contributed by atoms with E-state index < -0.39 is 10.8 Å². The first-order chi connectivity index (χ1) is 8.91. The first-order valence-corrected chi connectivity index (χ1v) is 5.51. The second-order valence-corrected chi connectivity index (χ2v) is 4.24. The Morgan fingerprint density at radius 2 is 2.00 bits per heavy atom. The second-order valence-electron chi connectivity index (χ2n) is 3.43. The summed E-state index contributed by atoms with van der Waals surface area (Å²) < 4.78 is 0. The zero-order valence-corrected chi connectivity index (χ0v) is 10.6. The zero-order valence-electron chi connectivity index (χ0n) is 9.05. The maximum absolute atomic E-state index is 11.1. The Bertz CT molecular complexity index is 684. The summed E-state index contributed by atoms with van der Waals surface area (Å²) in [6.45, 7) is 0. The van der Waals surface area contributed by atoms with Gasteiger partial charge in [0.25, 0.3) is 11.6 Å². The van der Waals surface area contributed by atoms with Crippen LogP contribution in [0.5, 0.6) is 0 Å². The fourth-order valence-electron chi connectivity index (χ4n) is 1.45. The first kappa shape index (κ1) is 13.2. The van der Waals surface area contributed by atoms with Crippen molar-refractivity contribution in [1.82, 2.24) is 15.4 Å². The molecule has 10 heteroatoms. The number of aromatic nitrogens is 3. The van der Waals surface area contributed by atoms with E-state index in [4.69, 9.17) is 28.9 Å². The summed E-state index contributed by atoms with van der Waals surface area (Å²) in [5, 5.41) is 20.3. The molecule has 0 aliphatic heterocycles. The molecule has 1 aromatic heterocycles. The highest BCUT2D eigenvalue weighted by molar-refractivity contribution is 6.37. The van der Waals surface area contributed by atoms with E-state index >= 15 is 0 Å². The third-order valence-corrected chi connectivity index (χ3v) is 2.89. The SMILES string of the molecule is NC(=O)c1n[nH]nc1-c1cc([N+](=O)[O-])c(Cl)cc1Cl. The Balaban J connectivity index is 2.68. The van der Waals surface area contributed by atoms with Gasteiger partial charge in [-0.05, 0) is 6.07 Å². The monoisotopic (exact) mass is 301 g/mol. The molecule has 0 radical (unpaired) electrons. The molecule has 2 aromatic rings. The molecule has 0 bridgehead atoms. The van der Waals surface area contributed by atoms with Gasteiger partial charge in [0.1, 0.15) is 10.7 Å². The number of nitro benzene ring substituents is 1. The molecule has 0 fully saturated rings. The molecule has 0 saturated heterocycles. The van der Waals surface area contributed by atoms with E-state index in [2.05, 4.69) is 15.4 Å². The van der Waals surface area contributed by atoms with Crippen molar-refractivity contribution in [2.24, 2.45) is 5.73 Å². The predicted octanol–water partition coefficient (Wildman–Crippen LogP) is 1.79. The number of nitro groups is 1. The smallest absolute Gasteiger partial charge is 0.288 e. The van der Waals surface area contributed by atoms with Crippen LogP contribution >= 0.6 is 23.2 Å². The molecular formula is C9H5Cl2N5O3. The van der Waals surface area contributed by atoms with Crippen LogP contribution in [0.2, 0.25) is 10.0 Å². The molecule has 8 nitrogen and oxygen atoms in total. The summed E-state index contributed by atoms with van der Waals surface area (Å²) in [7, 11) is 0. The van der Waals surface area contributed by atoms with Gasteiger partial charge >= 0.3 is 0 Å². The number of primary amides is 1. The highest BCUT2D eigenvalue weighted by atomic mass is 35.5. The van der Waals surface area contributed by atoms with Crippen molar-refractivity contribution >= 4 is 34.8 Å². The van der Waals surface area contributed by atoms with E-state index in [0.29, 0.717) is 0 Å². The van der Waals surface area contributed by atoms with E-state index in [1.807, 2.05) is 0 Å². The average Bonchev–Trinajstić information content (AvgIpc) is 2.77. The number of aromatic amines is 1. The Morgan fingerprint density at radius 3 is 2.58 bits per heavy atom. The number of hydrogen-bond acceptors (Lipinski definition) is 5. The van der Waals surface area contributed by atoms with Crippen molar-refractivity contribution in [3.05, 3.63) is 38.0 Å². The minimum atomic E-state index is -0.836. The van der Waals surface area contributed by atoms with Crippen LogP contribution in [0.4, 0.5) is 5.69 Å². The number of carbonyl (C=O) groups is 1. The third-order valence-electron chi connectivity index (χ3n) is 2.27. The van der Waals surface area contributed by atoms with Crippen LogP contribution in [-0.4, -0.2) is 26.2 Å². The fraction of sp³-hybridized carbons (Fsp3) is 0. The minimum Gasteiger partial charge on any atom is -0.364 e. The van der Waals surface area contributed by atoms with Crippen molar-refractivity contribution in [2.75, 3.05) is 0 Å². The van der Waals surface area contributed by atoms with Gasteiger partial charge in [-0.3, -0.25) is 14.9 Å². The highest BCUT2D eigenvalue weighted by Crippen LogP contribution is 2.36. The number of nitrogens with zero attached hydrogens (tertiary/aromatic N) is 3. The molecular weight excluding hydrogens is 297 g/mol. The number of nitrogens with two attached hydrogens (primary N) is 1. The highest BCUT2D eigenvalue weighted by Gasteiger charge is 2.22. The van der Waals surface area contributed by atoms with Crippen LogP contribution in [0.3, 0.4) is 0 Å². The van der Waals surface area contributed by atoms with Crippen molar-refractivity contribution < 1.29 is 9.72 Å². The predicted molar refractivity (Wildman–Crippen MR) is 67.0 cm³/mol. The topological polar surface area (TPSA) is 128 Å². The quantitative estimate of drug-likeness (QED) is 0.659. The Morgan fingerprint density at radius 1 is 1.32 bits per heavy atom. The van der Waals surface area contributed by atoms with Crippen LogP contribution in [0.1, 0.15) is 10.5 Å². The van der Waals surface area contributed by atoms with Gasteiger partial charge in [-0.2, -0.15) is 15.4 Å². The van der Waals surface area contributed by atoms with E-state index in [-0.39, 0.29) is 32.7 Å². The summed E-state index contributed by atoms with van der Waals surface area (Å²) in [6, 6.07) is 2.30. The Kier molecular flexibility index (Phi) is 3.36. The van der Waals surface area contributed by atoms with Crippen molar-refractivity contribution in [3.8, 4) is 11.3 Å². The number of halogens is 2. The fourth-order valence-corrected chi connectivity index (χ4v) is 1.99. The molecule has 2 rings (SSSR count). The lowest BCUT2D eigenvalue weighted by molar-refractivity contribution is -0.384. The zero-order chi connectivity index (χ0) is 14.2. The molecule has 0 atom stereocenters. The minimum absolute atomic E-state index is 0.0252. The number of benzene rings is 1. The summed E-state index contributed by atoms with van der Waals surface area (Å²) in [5.41, 5.74) is 4.74. The van der Waals surface area contributed by atoms with Gasteiger partial charge in [0, 0.05) is 11.6 Å². The lowest BCUT2D eigenvalue weighted by Crippen LogP contribution is -2.12. The van der Waals surface area contributed by atoms with Gasteiger partial charge in [-0.25, -0.2) is 0 Å². The summed E-state index contributed by atoms with van der Waals surface area (Å²) >= 11 is 11.6. The Hall–Kier alpha value is -2.19. The molecule has 0 saturated carbocycles. The van der Waals surface area contributed by atoms with Crippen LogP contribution < -0.4 is 5.73 Å². The molecule has 98 valence electrons. The van der Waals surface area contributed by atoms with Crippen LogP contribution in [0.25, 0.3) is 11.3 Å². The average molecular weight is 302 g/mol.